The Morgan fingerprint density at radius 1 is 1.40 bits per heavy atom. The first-order chi connectivity index (χ1) is 7.16. The van der Waals surface area contributed by atoms with Crippen molar-refractivity contribution in [1.29, 1.82) is 0 Å². The molecule has 1 heterocycles. The van der Waals surface area contributed by atoms with Gasteiger partial charge >= 0.3 is 10.7 Å². The molecular formula is C8H7N4O2S+. The molecule has 15 heavy (non-hydrogen) atoms. The van der Waals surface area contributed by atoms with E-state index in [0.29, 0.717) is 10.5 Å². The number of nitrogens with zero attached hydrogens (tertiary/aromatic N) is 2. The number of H-pyrrole nitrogens is 2. The van der Waals surface area contributed by atoms with Crippen LogP contribution >= 0.6 is 12.2 Å². The number of benzene rings is 1. The molecule has 3 N–H and O–H groups in total. The Hall–Kier alpha value is -2.02. The molecule has 0 atom stereocenters. The van der Waals surface area contributed by atoms with Gasteiger partial charge in [-0.25, -0.2) is 4.79 Å². The molecule has 0 amide bonds. The number of nitrogens with one attached hydrogen (secondary N) is 2. The Morgan fingerprint density at radius 3 is 2.53 bits per heavy atom. The van der Waals surface area contributed by atoms with Crippen molar-refractivity contribution in [3.63, 3.8) is 0 Å². The lowest BCUT2D eigenvalue weighted by Gasteiger charge is -1.94. The number of aromatic carboxylic acids is 1. The first kappa shape index (κ1) is 9.53. The van der Waals surface area contributed by atoms with Crippen LogP contribution in [0.1, 0.15) is 10.4 Å². The van der Waals surface area contributed by atoms with Crippen LogP contribution in [0.5, 0.6) is 0 Å². The van der Waals surface area contributed by atoms with Gasteiger partial charge in [-0.1, -0.05) is 5.21 Å². The molecular weight excluding hydrogens is 216 g/mol. The highest BCUT2D eigenvalue weighted by Crippen LogP contribution is 2.02. The van der Waals surface area contributed by atoms with Crippen LogP contribution in [0, 0.1) is 4.77 Å². The number of aromatic amines is 2. The van der Waals surface area contributed by atoms with Crippen molar-refractivity contribution in [2.45, 2.75) is 0 Å². The van der Waals surface area contributed by atoms with Gasteiger partial charge in [0, 0.05) is 5.10 Å². The summed E-state index contributed by atoms with van der Waals surface area (Å²) in [6, 6.07) is 6.26. The van der Waals surface area contributed by atoms with Crippen molar-refractivity contribution in [2.24, 2.45) is 0 Å². The molecule has 0 saturated carbocycles. The van der Waals surface area contributed by atoms with Crippen LogP contribution in [-0.4, -0.2) is 26.5 Å². The predicted octanol–water partition coefficient (Wildman–Crippen LogP) is 0.442. The number of carboxylic acid groups (broad SMARTS) is 1. The van der Waals surface area contributed by atoms with E-state index in [0.717, 1.165) is 0 Å². The summed E-state index contributed by atoms with van der Waals surface area (Å²) in [6.07, 6.45) is 0. The number of aromatic nitrogens is 4. The van der Waals surface area contributed by atoms with Crippen LogP contribution < -0.4 is 4.80 Å². The van der Waals surface area contributed by atoms with Crippen molar-refractivity contribution >= 4 is 18.2 Å². The molecule has 0 radical (unpaired) electrons. The van der Waals surface area contributed by atoms with Gasteiger partial charge in [-0.05, 0) is 41.3 Å². The minimum absolute atomic E-state index is 0.230. The molecule has 1 aromatic heterocycles. The number of hydrogen-bond donors (Lipinski definition) is 3. The first-order valence-corrected chi connectivity index (χ1v) is 4.48. The van der Waals surface area contributed by atoms with Crippen molar-refractivity contribution < 1.29 is 14.7 Å². The van der Waals surface area contributed by atoms with Crippen molar-refractivity contribution in [1.82, 2.24) is 15.4 Å². The predicted molar refractivity (Wildman–Crippen MR) is 52.3 cm³/mol. The highest BCUT2D eigenvalue weighted by molar-refractivity contribution is 7.71. The smallest absolute Gasteiger partial charge is 0.345 e. The first-order valence-electron chi connectivity index (χ1n) is 4.07. The second kappa shape index (κ2) is 3.62. The minimum atomic E-state index is -0.957. The van der Waals surface area contributed by atoms with Crippen LogP contribution in [0.25, 0.3) is 5.69 Å². The zero-order chi connectivity index (χ0) is 10.8. The van der Waals surface area contributed by atoms with Crippen LogP contribution in [-0.2, 0) is 0 Å². The third-order valence-electron chi connectivity index (χ3n) is 1.82. The van der Waals surface area contributed by atoms with Gasteiger partial charge in [0.2, 0.25) is 0 Å². The Kier molecular flexibility index (Phi) is 2.30. The molecule has 0 aliphatic rings. The molecule has 76 valence electrons. The fraction of sp³-hybridized carbons (Fsp3) is 0. The van der Waals surface area contributed by atoms with E-state index in [9.17, 15) is 4.79 Å². The zero-order valence-corrected chi connectivity index (χ0v) is 8.28. The van der Waals surface area contributed by atoms with E-state index in [1.54, 1.807) is 12.1 Å². The molecule has 0 bridgehead atoms. The Bertz CT molecular complexity index is 542. The molecule has 0 unspecified atom stereocenters. The summed E-state index contributed by atoms with van der Waals surface area (Å²) in [5.74, 6) is -0.957. The summed E-state index contributed by atoms with van der Waals surface area (Å²) in [5.41, 5.74) is 0.931. The fourth-order valence-electron chi connectivity index (χ4n) is 1.11. The topological polar surface area (TPSA) is 85.7 Å². The molecule has 0 aliphatic heterocycles. The van der Waals surface area contributed by atoms with Crippen molar-refractivity contribution in [3.8, 4) is 5.69 Å². The zero-order valence-electron chi connectivity index (χ0n) is 7.47. The number of carbonyl (C=O) groups is 1. The number of rotatable bonds is 2. The Morgan fingerprint density at radius 2 is 2.07 bits per heavy atom. The molecule has 0 saturated heterocycles. The second-order valence-corrected chi connectivity index (χ2v) is 3.19. The lowest BCUT2D eigenvalue weighted by Crippen LogP contribution is -2.36. The standard InChI is InChI=1S/C8H6N4O2S/c13-7(14)5-1-3-6(4-2-5)12-10-8(15)9-11-12/h1-4H,(H2,10,13,14,15)/p+1. The van der Waals surface area contributed by atoms with Crippen molar-refractivity contribution in [3.05, 3.63) is 34.6 Å². The highest BCUT2D eigenvalue weighted by atomic mass is 32.1. The minimum Gasteiger partial charge on any atom is -0.478 e. The van der Waals surface area contributed by atoms with Crippen LogP contribution in [0.2, 0.25) is 0 Å². The summed E-state index contributed by atoms with van der Waals surface area (Å²) >= 11 is 4.79. The van der Waals surface area contributed by atoms with Gasteiger partial charge in [-0.3, -0.25) is 0 Å². The maximum atomic E-state index is 10.6. The summed E-state index contributed by atoms with van der Waals surface area (Å²) < 4.78 is 0.331. The van der Waals surface area contributed by atoms with Gasteiger partial charge in [0.25, 0.3) is 0 Å². The molecule has 1 aromatic carbocycles. The summed E-state index contributed by atoms with van der Waals surface area (Å²) in [5, 5.41) is 18.0. The van der Waals surface area contributed by atoms with Crippen LogP contribution in [0.4, 0.5) is 0 Å². The maximum absolute atomic E-state index is 10.6. The van der Waals surface area contributed by atoms with E-state index >= 15 is 0 Å². The summed E-state index contributed by atoms with van der Waals surface area (Å²) in [7, 11) is 0. The fourth-order valence-corrected chi connectivity index (χ4v) is 1.24. The Balaban J connectivity index is 2.39. The van der Waals surface area contributed by atoms with Gasteiger partial charge in [0.15, 0.2) is 5.69 Å². The lowest BCUT2D eigenvalue weighted by atomic mass is 10.2. The maximum Gasteiger partial charge on any atom is 0.345 e. The number of carboxylic acids is 1. The highest BCUT2D eigenvalue weighted by Gasteiger charge is 2.07. The second-order valence-electron chi connectivity index (χ2n) is 2.81. The number of hydrogen-bond acceptors (Lipinski definition) is 3. The Labute approximate surface area is 89.2 Å². The number of tetrazole rings is 1. The van der Waals surface area contributed by atoms with Gasteiger partial charge in [0.1, 0.15) is 0 Å². The van der Waals surface area contributed by atoms with Gasteiger partial charge in [0.05, 0.1) is 5.56 Å². The molecule has 0 aliphatic carbocycles. The van der Waals surface area contributed by atoms with E-state index in [4.69, 9.17) is 17.3 Å². The third kappa shape index (κ3) is 1.91. The van der Waals surface area contributed by atoms with Gasteiger partial charge < -0.3 is 5.11 Å². The molecule has 6 nitrogen and oxygen atoms in total. The largest absolute Gasteiger partial charge is 0.478 e. The van der Waals surface area contributed by atoms with Crippen LogP contribution in [0.15, 0.2) is 24.3 Å². The average molecular weight is 223 g/mol. The molecule has 2 rings (SSSR count). The van der Waals surface area contributed by atoms with E-state index < -0.39 is 5.97 Å². The van der Waals surface area contributed by atoms with Crippen molar-refractivity contribution in [2.75, 3.05) is 0 Å². The van der Waals surface area contributed by atoms with Crippen LogP contribution in [0.3, 0.4) is 0 Å². The molecule has 0 fully saturated rings. The van der Waals surface area contributed by atoms with E-state index in [-0.39, 0.29) is 5.56 Å². The summed E-state index contributed by atoms with van der Waals surface area (Å²) in [4.78, 5) is 12.0. The third-order valence-corrected chi connectivity index (χ3v) is 2.00. The normalized spacial score (nSPS) is 10.1. The SMILES string of the molecule is O=C(O)c1ccc(-[n+]2nc(=S)[nH][nH]2)cc1. The molecule has 0 spiro atoms. The van der Waals surface area contributed by atoms with Gasteiger partial charge in [-0.2, -0.15) is 0 Å². The lowest BCUT2D eigenvalue weighted by molar-refractivity contribution is -0.717. The van der Waals surface area contributed by atoms with E-state index in [1.165, 1.54) is 16.9 Å². The molecule has 2 aromatic rings. The van der Waals surface area contributed by atoms with E-state index in [2.05, 4.69) is 15.4 Å². The quantitative estimate of drug-likeness (QED) is 0.509. The molecule has 7 heteroatoms. The van der Waals surface area contributed by atoms with Gasteiger partial charge in [-0.15, -0.1) is 5.10 Å². The van der Waals surface area contributed by atoms with E-state index in [1.807, 2.05) is 0 Å². The average Bonchev–Trinajstić information content (AvgIpc) is 2.65. The summed E-state index contributed by atoms with van der Waals surface area (Å²) in [6.45, 7) is 0. The monoisotopic (exact) mass is 223 g/mol.